The maximum absolute atomic E-state index is 12.4. The molecule has 0 saturated heterocycles. The summed E-state index contributed by atoms with van der Waals surface area (Å²) in [7, 11) is -1.99. The smallest absolute Gasteiger partial charge is 0.266 e. The fourth-order valence-electron chi connectivity index (χ4n) is 1.85. The van der Waals surface area contributed by atoms with Crippen LogP contribution in [0.2, 0.25) is 0 Å². The Labute approximate surface area is 117 Å². The zero-order chi connectivity index (χ0) is 14.8. The van der Waals surface area contributed by atoms with Gasteiger partial charge in [-0.2, -0.15) is 10.2 Å². The molecule has 0 aliphatic carbocycles. The molecule has 0 unspecified atom stereocenters. The third-order valence-corrected chi connectivity index (χ3v) is 4.28. The zero-order valence-electron chi connectivity index (χ0n) is 11.6. The summed E-state index contributed by atoms with van der Waals surface area (Å²) in [6.45, 7) is 4.74. The van der Waals surface area contributed by atoms with Crippen LogP contribution in [-0.2, 0) is 23.6 Å². The van der Waals surface area contributed by atoms with Crippen molar-refractivity contribution in [3.63, 3.8) is 0 Å². The van der Waals surface area contributed by atoms with Crippen molar-refractivity contribution in [3.05, 3.63) is 23.7 Å². The third-order valence-electron chi connectivity index (χ3n) is 2.72. The molecule has 2 heterocycles. The topological polar surface area (TPSA) is 105 Å². The normalized spacial score (nSPS) is 11.8. The lowest BCUT2D eigenvalue weighted by Crippen LogP contribution is -2.19. The highest BCUT2D eigenvalue weighted by Crippen LogP contribution is 2.20. The number of aryl methyl sites for hydroxylation is 2. The molecular formula is C11H18N6O2S. The number of H-pyrrole nitrogens is 1. The molecule has 20 heavy (non-hydrogen) atoms. The van der Waals surface area contributed by atoms with Crippen molar-refractivity contribution < 1.29 is 8.42 Å². The Morgan fingerprint density at radius 1 is 1.45 bits per heavy atom. The largest absolute Gasteiger partial charge is 0.311 e. The van der Waals surface area contributed by atoms with E-state index >= 15 is 0 Å². The summed E-state index contributed by atoms with van der Waals surface area (Å²) < 4.78 is 28.8. The van der Waals surface area contributed by atoms with Gasteiger partial charge in [0.05, 0.1) is 11.4 Å². The van der Waals surface area contributed by atoms with E-state index in [1.807, 2.05) is 6.92 Å². The van der Waals surface area contributed by atoms with Gasteiger partial charge in [0.15, 0.2) is 5.82 Å². The second-order valence-electron chi connectivity index (χ2n) is 4.38. The molecule has 0 saturated carbocycles. The van der Waals surface area contributed by atoms with Crippen LogP contribution in [0.15, 0.2) is 17.2 Å². The first-order valence-electron chi connectivity index (χ1n) is 6.21. The molecule has 110 valence electrons. The molecule has 3 N–H and O–H groups in total. The summed E-state index contributed by atoms with van der Waals surface area (Å²) in [5, 5.41) is 13.8. The van der Waals surface area contributed by atoms with Crippen molar-refractivity contribution in [1.82, 2.24) is 25.3 Å². The van der Waals surface area contributed by atoms with Crippen molar-refractivity contribution in [2.45, 2.75) is 25.3 Å². The van der Waals surface area contributed by atoms with Crippen LogP contribution in [0.3, 0.4) is 0 Å². The molecule has 8 nitrogen and oxygen atoms in total. The molecule has 0 aliphatic rings. The van der Waals surface area contributed by atoms with Crippen LogP contribution in [0.5, 0.6) is 0 Å². The van der Waals surface area contributed by atoms with E-state index in [0.29, 0.717) is 17.9 Å². The minimum atomic E-state index is -3.71. The number of nitrogens with zero attached hydrogens (tertiary/aromatic N) is 3. The van der Waals surface area contributed by atoms with E-state index in [4.69, 9.17) is 0 Å². The number of anilines is 1. The number of nitrogens with one attached hydrogen (secondary N) is 3. The molecule has 9 heteroatoms. The fourth-order valence-corrected chi connectivity index (χ4v) is 3.21. The van der Waals surface area contributed by atoms with Gasteiger partial charge in [0.1, 0.15) is 4.90 Å². The molecule has 0 aliphatic heterocycles. The van der Waals surface area contributed by atoms with Crippen LogP contribution in [0.4, 0.5) is 5.82 Å². The minimum Gasteiger partial charge on any atom is -0.311 e. The highest BCUT2D eigenvalue weighted by molar-refractivity contribution is 7.92. The number of sulfonamides is 1. The summed E-state index contributed by atoms with van der Waals surface area (Å²) in [6.07, 6.45) is 1.67. The van der Waals surface area contributed by atoms with Crippen LogP contribution in [0.25, 0.3) is 0 Å². The molecule has 0 radical (unpaired) electrons. The first-order chi connectivity index (χ1) is 9.44. The maximum atomic E-state index is 12.4. The summed E-state index contributed by atoms with van der Waals surface area (Å²) in [5.74, 6) is 0.280. The Morgan fingerprint density at radius 2 is 2.20 bits per heavy atom. The lowest BCUT2D eigenvalue weighted by atomic mass is 10.3. The Hall–Kier alpha value is -1.87. The quantitative estimate of drug-likeness (QED) is 0.714. The van der Waals surface area contributed by atoms with Gasteiger partial charge in [0.25, 0.3) is 10.0 Å². The molecule has 0 bridgehead atoms. The van der Waals surface area contributed by atoms with Crippen molar-refractivity contribution >= 4 is 15.8 Å². The van der Waals surface area contributed by atoms with E-state index in [0.717, 1.165) is 6.54 Å². The average molecular weight is 298 g/mol. The molecule has 0 spiro atoms. The van der Waals surface area contributed by atoms with E-state index < -0.39 is 10.0 Å². The van der Waals surface area contributed by atoms with Crippen molar-refractivity contribution in [2.75, 3.05) is 11.3 Å². The summed E-state index contributed by atoms with van der Waals surface area (Å²) in [6, 6.07) is 1.59. The van der Waals surface area contributed by atoms with Gasteiger partial charge in [-0.15, -0.1) is 0 Å². The average Bonchev–Trinajstić information content (AvgIpc) is 2.93. The van der Waals surface area contributed by atoms with Crippen LogP contribution in [0.1, 0.15) is 18.3 Å². The van der Waals surface area contributed by atoms with Crippen LogP contribution < -0.4 is 10.0 Å². The van der Waals surface area contributed by atoms with Gasteiger partial charge in [-0.1, -0.05) is 6.92 Å². The number of hydrogen-bond donors (Lipinski definition) is 3. The van der Waals surface area contributed by atoms with Crippen LogP contribution >= 0.6 is 0 Å². The van der Waals surface area contributed by atoms with E-state index in [2.05, 4.69) is 25.3 Å². The molecular weight excluding hydrogens is 280 g/mol. The number of hydrogen-bond acceptors (Lipinski definition) is 5. The predicted molar refractivity (Wildman–Crippen MR) is 74.7 cm³/mol. The number of rotatable bonds is 6. The van der Waals surface area contributed by atoms with E-state index in [-0.39, 0.29) is 10.7 Å². The van der Waals surface area contributed by atoms with Gasteiger partial charge in [0, 0.05) is 25.9 Å². The van der Waals surface area contributed by atoms with Gasteiger partial charge >= 0.3 is 0 Å². The summed E-state index contributed by atoms with van der Waals surface area (Å²) >= 11 is 0. The van der Waals surface area contributed by atoms with Crippen molar-refractivity contribution in [3.8, 4) is 0 Å². The second kappa shape index (κ2) is 5.63. The lowest BCUT2D eigenvalue weighted by molar-refractivity contribution is 0.597. The van der Waals surface area contributed by atoms with E-state index in [9.17, 15) is 8.42 Å². The van der Waals surface area contributed by atoms with Crippen molar-refractivity contribution in [1.29, 1.82) is 0 Å². The summed E-state index contributed by atoms with van der Waals surface area (Å²) in [4.78, 5) is 0.170. The SMILES string of the molecule is CCNCc1n[nH]c(C)c1S(=O)(=O)Nc1ccn(C)n1. The molecule has 0 aromatic carbocycles. The highest BCUT2D eigenvalue weighted by atomic mass is 32.2. The van der Waals surface area contributed by atoms with Gasteiger partial charge in [-0.25, -0.2) is 8.42 Å². The maximum Gasteiger partial charge on any atom is 0.266 e. The fraction of sp³-hybridized carbons (Fsp3) is 0.455. The van der Waals surface area contributed by atoms with E-state index in [1.54, 1.807) is 26.2 Å². The van der Waals surface area contributed by atoms with Crippen molar-refractivity contribution in [2.24, 2.45) is 7.05 Å². The molecule has 0 fully saturated rings. The first kappa shape index (κ1) is 14.5. The third kappa shape index (κ3) is 2.99. The zero-order valence-corrected chi connectivity index (χ0v) is 12.5. The van der Waals surface area contributed by atoms with E-state index in [1.165, 1.54) is 4.68 Å². The molecule has 2 aromatic heterocycles. The predicted octanol–water partition coefficient (Wildman–Crippen LogP) is 0.362. The lowest BCUT2D eigenvalue weighted by Gasteiger charge is -2.07. The highest BCUT2D eigenvalue weighted by Gasteiger charge is 2.24. The van der Waals surface area contributed by atoms with Crippen LogP contribution in [-0.4, -0.2) is 34.9 Å². The van der Waals surface area contributed by atoms with Gasteiger partial charge in [-0.05, 0) is 13.5 Å². The monoisotopic (exact) mass is 298 g/mol. The first-order valence-corrected chi connectivity index (χ1v) is 7.69. The van der Waals surface area contributed by atoms with Gasteiger partial charge < -0.3 is 5.32 Å². The Morgan fingerprint density at radius 3 is 2.80 bits per heavy atom. The molecule has 2 aromatic rings. The Balaban J connectivity index is 2.31. The summed E-state index contributed by atoms with van der Waals surface area (Å²) in [5.41, 5.74) is 0.967. The second-order valence-corrected chi connectivity index (χ2v) is 6.00. The molecule has 0 amide bonds. The number of aromatic amines is 1. The minimum absolute atomic E-state index is 0.170. The molecule has 0 atom stereocenters. The molecule has 2 rings (SSSR count). The standard InChI is InChI=1S/C11H18N6O2S/c1-4-12-7-9-11(8(2)13-14-9)20(18,19)16-10-5-6-17(3)15-10/h5-6,12H,4,7H2,1-3H3,(H,13,14)(H,15,16). The van der Waals surface area contributed by atoms with Gasteiger partial charge in [-0.3, -0.25) is 14.5 Å². The Bertz CT molecular complexity index is 688. The van der Waals surface area contributed by atoms with Crippen LogP contribution in [0, 0.1) is 6.92 Å². The Kier molecular flexibility index (Phi) is 4.09. The number of aromatic nitrogens is 4. The van der Waals surface area contributed by atoms with Gasteiger partial charge in [0.2, 0.25) is 0 Å².